The summed E-state index contributed by atoms with van der Waals surface area (Å²) in [4.78, 5) is 30.9. The lowest BCUT2D eigenvalue weighted by Crippen LogP contribution is -2.44. The number of carbonyl (C=O) groups excluding carboxylic acids is 1. The van der Waals surface area contributed by atoms with Gasteiger partial charge in [-0.1, -0.05) is 17.7 Å². The van der Waals surface area contributed by atoms with Gasteiger partial charge in [0, 0.05) is 37.3 Å². The van der Waals surface area contributed by atoms with Crippen LogP contribution in [-0.2, 0) is 0 Å². The second-order valence-electron chi connectivity index (χ2n) is 7.88. The van der Waals surface area contributed by atoms with Gasteiger partial charge >= 0.3 is 0 Å². The van der Waals surface area contributed by atoms with Crippen LogP contribution in [0.2, 0.25) is 5.02 Å². The molecule has 31 heavy (non-hydrogen) atoms. The van der Waals surface area contributed by atoms with E-state index < -0.39 is 0 Å². The molecule has 0 spiro atoms. The number of rotatable bonds is 4. The molecule has 2 saturated heterocycles. The van der Waals surface area contributed by atoms with Gasteiger partial charge in [-0.15, -0.1) is 5.10 Å². The monoisotopic (exact) mass is 439 g/mol. The Bertz CT molecular complexity index is 1170. The van der Waals surface area contributed by atoms with Crippen LogP contribution in [-0.4, -0.2) is 61.8 Å². The number of nitrogens with zero attached hydrogens (tertiary/aromatic N) is 7. The molecule has 1 aromatic carbocycles. The first-order chi connectivity index (χ1) is 15.1. The zero-order valence-corrected chi connectivity index (χ0v) is 17.6. The molecule has 9 nitrogen and oxygen atoms in total. The van der Waals surface area contributed by atoms with Crippen LogP contribution >= 0.6 is 11.6 Å². The van der Waals surface area contributed by atoms with Crippen molar-refractivity contribution in [2.24, 2.45) is 0 Å². The molecule has 10 heteroatoms. The molecule has 0 radical (unpaired) electrons. The number of aromatic nitrogens is 5. The average Bonchev–Trinajstić information content (AvgIpc) is 3.22. The van der Waals surface area contributed by atoms with Crippen molar-refractivity contribution >= 4 is 23.2 Å². The van der Waals surface area contributed by atoms with Gasteiger partial charge in [0.15, 0.2) is 5.69 Å². The predicted octanol–water partition coefficient (Wildman–Crippen LogP) is 2.16. The topological polar surface area (TPSA) is 89.2 Å². The highest BCUT2D eigenvalue weighted by Crippen LogP contribution is 2.23. The van der Waals surface area contributed by atoms with Gasteiger partial charge < -0.3 is 9.80 Å². The lowest BCUT2D eigenvalue weighted by atomic mass is 10.1. The molecule has 3 aromatic rings. The maximum absolute atomic E-state index is 13.0. The number of amides is 1. The third-order valence-corrected chi connectivity index (χ3v) is 6.05. The molecule has 4 heterocycles. The van der Waals surface area contributed by atoms with E-state index >= 15 is 0 Å². The van der Waals surface area contributed by atoms with Crippen molar-refractivity contribution in [2.75, 3.05) is 31.1 Å². The van der Waals surface area contributed by atoms with Gasteiger partial charge in [-0.05, 0) is 37.5 Å². The van der Waals surface area contributed by atoms with Crippen molar-refractivity contribution in [3.8, 4) is 5.69 Å². The minimum atomic E-state index is -0.205. The fraction of sp³-hybridized carbons (Fsp3) is 0.381. The van der Waals surface area contributed by atoms with Crippen LogP contribution in [0.15, 0.2) is 47.5 Å². The predicted molar refractivity (Wildman–Crippen MR) is 116 cm³/mol. The van der Waals surface area contributed by atoms with Crippen molar-refractivity contribution in [2.45, 2.75) is 25.3 Å². The van der Waals surface area contributed by atoms with E-state index in [0.29, 0.717) is 23.8 Å². The minimum absolute atomic E-state index is 0.129. The third kappa shape index (κ3) is 3.93. The Morgan fingerprint density at radius 1 is 1.03 bits per heavy atom. The summed E-state index contributed by atoms with van der Waals surface area (Å²) in [5.74, 6) is -0.205. The molecule has 0 saturated carbocycles. The van der Waals surface area contributed by atoms with Gasteiger partial charge in [-0.2, -0.15) is 15.0 Å². The van der Waals surface area contributed by atoms with Crippen molar-refractivity contribution in [1.29, 1.82) is 0 Å². The molecule has 2 aliphatic rings. The molecule has 0 N–H and O–H groups in total. The van der Waals surface area contributed by atoms with Gasteiger partial charge in [0.1, 0.15) is 0 Å². The van der Waals surface area contributed by atoms with Crippen molar-refractivity contribution in [1.82, 2.24) is 29.7 Å². The van der Waals surface area contributed by atoms with Gasteiger partial charge in [-0.25, -0.2) is 4.68 Å². The summed E-state index contributed by atoms with van der Waals surface area (Å²) >= 11 is 6.03. The van der Waals surface area contributed by atoms with Gasteiger partial charge in [0.2, 0.25) is 0 Å². The van der Waals surface area contributed by atoms with Gasteiger partial charge in [0.25, 0.3) is 11.5 Å². The minimum Gasteiger partial charge on any atom is -0.370 e. The Morgan fingerprint density at radius 3 is 2.65 bits per heavy atom. The highest BCUT2D eigenvalue weighted by atomic mass is 35.5. The highest BCUT2D eigenvalue weighted by Gasteiger charge is 2.28. The molecular formula is C21H22ClN7O2. The van der Waals surface area contributed by atoms with Crippen molar-refractivity contribution in [3.63, 3.8) is 0 Å². The molecule has 1 atom stereocenters. The fourth-order valence-corrected chi connectivity index (χ4v) is 4.20. The number of anilines is 1. The third-order valence-electron chi connectivity index (χ3n) is 5.81. The summed E-state index contributed by atoms with van der Waals surface area (Å²) in [7, 11) is 0. The Hall–Kier alpha value is -3.20. The maximum atomic E-state index is 13.0. The molecule has 1 unspecified atom stereocenters. The largest absolute Gasteiger partial charge is 0.370 e. The number of benzene rings is 1. The van der Waals surface area contributed by atoms with E-state index in [-0.39, 0.29) is 23.2 Å². The van der Waals surface area contributed by atoms with E-state index in [1.165, 1.54) is 15.7 Å². The van der Waals surface area contributed by atoms with Crippen molar-refractivity contribution in [3.05, 3.63) is 63.8 Å². The molecule has 2 fully saturated rings. The van der Waals surface area contributed by atoms with Crippen LogP contribution in [0.1, 0.15) is 35.8 Å². The van der Waals surface area contributed by atoms with Crippen LogP contribution in [0.25, 0.3) is 5.69 Å². The summed E-state index contributed by atoms with van der Waals surface area (Å²) < 4.78 is 1.51. The summed E-state index contributed by atoms with van der Waals surface area (Å²) in [5.41, 5.74) is 1.68. The van der Waals surface area contributed by atoms with E-state index in [0.717, 1.165) is 38.0 Å². The number of halogens is 1. The number of hydrogen-bond acceptors (Lipinski definition) is 6. The number of hydrogen-bond donors (Lipinski definition) is 0. The van der Waals surface area contributed by atoms with E-state index in [1.807, 2.05) is 6.07 Å². The standard InChI is InChI=1S/C21H22ClN7O2/c22-15-4-1-5-16(10-15)29-24-13-19(25-29)21(31)27-7-2-6-17(14-27)28-20(30)11-18(12-23-28)26-8-3-9-26/h1,4-5,10-13,17H,2-3,6-9,14H2. The lowest BCUT2D eigenvalue weighted by Gasteiger charge is -2.34. The molecule has 2 aromatic heterocycles. The molecular weight excluding hydrogens is 418 g/mol. The van der Waals surface area contributed by atoms with Crippen LogP contribution in [0, 0.1) is 0 Å². The van der Waals surface area contributed by atoms with Crippen LogP contribution in [0.3, 0.4) is 0 Å². The normalized spacial score (nSPS) is 18.7. The average molecular weight is 440 g/mol. The summed E-state index contributed by atoms with van der Waals surface area (Å²) in [6.45, 7) is 2.96. The first kappa shape index (κ1) is 19.7. The quantitative estimate of drug-likeness (QED) is 0.619. The second kappa shape index (κ2) is 8.14. The molecule has 0 bridgehead atoms. The Kier molecular flexibility index (Phi) is 5.19. The van der Waals surface area contributed by atoms with Crippen LogP contribution in [0.4, 0.5) is 5.69 Å². The number of piperidine rings is 1. The highest BCUT2D eigenvalue weighted by molar-refractivity contribution is 6.30. The number of carbonyl (C=O) groups is 1. The summed E-state index contributed by atoms with van der Waals surface area (Å²) in [6.07, 6.45) is 5.94. The van der Waals surface area contributed by atoms with Gasteiger partial charge in [-0.3, -0.25) is 9.59 Å². The van der Waals surface area contributed by atoms with Crippen molar-refractivity contribution < 1.29 is 4.79 Å². The Labute approximate surface area is 183 Å². The van der Waals surface area contributed by atoms with E-state index in [1.54, 1.807) is 35.4 Å². The maximum Gasteiger partial charge on any atom is 0.276 e. The SMILES string of the molecule is O=C(c1cnn(-c2cccc(Cl)c2)n1)N1CCCC(n2ncc(N3CCC3)cc2=O)C1. The first-order valence-corrected chi connectivity index (χ1v) is 10.8. The van der Waals surface area contributed by atoms with E-state index in [9.17, 15) is 9.59 Å². The molecule has 0 aliphatic carbocycles. The molecule has 160 valence electrons. The lowest BCUT2D eigenvalue weighted by molar-refractivity contribution is 0.0663. The fourth-order valence-electron chi connectivity index (χ4n) is 4.02. The second-order valence-corrected chi connectivity index (χ2v) is 8.32. The van der Waals surface area contributed by atoms with Crippen LogP contribution in [0.5, 0.6) is 0 Å². The number of likely N-dealkylation sites (tertiary alicyclic amines) is 1. The Morgan fingerprint density at radius 2 is 1.90 bits per heavy atom. The van der Waals surface area contributed by atoms with E-state index in [2.05, 4.69) is 20.2 Å². The summed E-state index contributed by atoms with van der Waals surface area (Å²) in [6, 6.07) is 8.60. The molecule has 1 amide bonds. The Balaban J connectivity index is 1.31. The zero-order valence-electron chi connectivity index (χ0n) is 16.9. The molecule has 2 aliphatic heterocycles. The summed E-state index contributed by atoms with van der Waals surface area (Å²) in [5, 5.41) is 13.5. The smallest absolute Gasteiger partial charge is 0.276 e. The van der Waals surface area contributed by atoms with Gasteiger partial charge in [0.05, 0.1) is 29.8 Å². The zero-order chi connectivity index (χ0) is 21.4. The molecule has 5 rings (SSSR count). The first-order valence-electron chi connectivity index (χ1n) is 10.4. The van der Waals surface area contributed by atoms with Crippen LogP contribution < -0.4 is 10.5 Å². The van der Waals surface area contributed by atoms with E-state index in [4.69, 9.17) is 11.6 Å².